The maximum atomic E-state index is 8.74. The third kappa shape index (κ3) is 3.38. The Morgan fingerprint density at radius 2 is 2.50 bits per heavy atom. The van der Waals surface area contributed by atoms with Crippen LogP contribution in [-0.4, -0.2) is 11.2 Å². The quantitative estimate of drug-likeness (QED) is 0.536. The predicted molar refractivity (Wildman–Crippen MR) is 31.1 cm³/mol. The SMILES string of the molecule is CC=CC(O)CC#N. The molecule has 0 saturated carbocycles. The fourth-order valence-corrected chi connectivity index (χ4v) is 0.384. The average Bonchev–Trinajstić information content (AvgIpc) is 1.68. The first-order chi connectivity index (χ1) is 3.81. The van der Waals surface area contributed by atoms with Gasteiger partial charge in [-0.3, -0.25) is 0 Å². The number of aliphatic hydroxyl groups is 1. The van der Waals surface area contributed by atoms with Crippen molar-refractivity contribution in [2.75, 3.05) is 0 Å². The van der Waals surface area contributed by atoms with E-state index in [0.717, 1.165) is 0 Å². The van der Waals surface area contributed by atoms with Crippen molar-refractivity contribution in [1.82, 2.24) is 0 Å². The van der Waals surface area contributed by atoms with Gasteiger partial charge in [-0.2, -0.15) is 5.26 Å². The lowest BCUT2D eigenvalue weighted by molar-refractivity contribution is 0.228. The number of nitriles is 1. The lowest BCUT2D eigenvalue weighted by Gasteiger charge is -1.93. The smallest absolute Gasteiger partial charge is 0.0850 e. The third-order valence-electron chi connectivity index (χ3n) is 0.715. The molecular formula is C6H9NO. The molecule has 44 valence electrons. The molecule has 8 heavy (non-hydrogen) atoms. The summed E-state index contributed by atoms with van der Waals surface area (Å²) in [6, 6.07) is 1.85. The van der Waals surface area contributed by atoms with Gasteiger partial charge >= 0.3 is 0 Å². The molecular weight excluding hydrogens is 102 g/mol. The average molecular weight is 111 g/mol. The van der Waals surface area contributed by atoms with Crippen LogP contribution in [0.3, 0.4) is 0 Å². The molecule has 0 spiro atoms. The van der Waals surface area contributed by atoms with Crippen molar-refractivity contribution in [3.8, 4) is 6.07 Å². The fraction of sp³-hybridized carbons (Fsp3) is 0.500. The van der Waals surface area contributed by atoms with Crippen molar-refractivity contribution < 1.29 is 5.11 Å². The van der Waals surface area contributed by atoms with E-state index in [1.807, 2.05) is 6.07 Å². The largest absolute Gasteiger partial charge is 0.388 e. The van der Waals surface area contributed by atoms with Gasteiger partial charge in [0.1, 0.15) is 0 Å². The molecule has 0 aromatic rings. The van der Waals surface area contributed by atoms with Gasteiger partial charge in [0.05, 0.1) is 18.6 Å². The molecule has 2 heteroatoms. The zero-order valence-electron chi connectivity index (χ0n) is 4.83. The zero-order chi connectivity index (χ0) is 6.41. The van der Waals surface area contributed by atoms with Crippen LogP contribution < -0.4 is 0 Å². The summed E-state index contributed by atoms with van der Waals surface area (Å²) >= 11 is 0. The van der Waals surface area contributed by atoms with Gasteiger partial charge in [0.2, 0.25) is 0 Å². The second-order valence-corrected chi connectivity index (χ2v) is 1.46. The van der Waals surface area contributed by atoms with E-state index in [-0.39, 0.29) is 6.42 Å². The summed E-state index contributed by atoms with van der Waals surface area (Å²) in [7, 11) is 0. The zero-order valence-corrected chi connectivity index (χ0v) is 4.83. The van der Waals surface area contributed by atoms with Crippen LogP contribution in [0.15, 0.2) is 12.2 Å². The predicted octanol–water partition coefficient (Wildman–Crippen LogP) is 0.837. The van der Waals surface area contributed by atoms with Gasteiger partial charge in [-0.15, -0.1) is 0 Å². The molecule has 0 aromatic heterocycles. The van der Waals surface area contributed by atoms with Crippen molar-refractivity contribution in [2.24, 2.45) is 0 Å². The molecule has 0 saturated heterocycles. The Kier molecular flexibility index (Phi) is 3.91. The van der Waals surface area contributed by atoms with Crippen LogP contribution in [0.2, 0.25) is 0 Å². The van der Waals surface area contributed by atoms with Crippen LogP contribution in [0.1, 0.15) is 13.3 Å². The lowest BCUT2D eigenvalue weighted by atomic mass is 10.2. The number of aliphatic hydroxyl groups excluding tert-OH is 1. The molecule has 0 heterocycles. The molecule has 0 bridgehead atoms. The van der Waals surface area contributed by atoms with E-state index < -0.39 is 6.10 Å². The second kappa shape index (κ2) is 4.35. The van der Waals surface area contributed by atoms with Gasteiger partial charge in [-0.25, -0.2) is 0 Å². The molecule has 0 aromatic carbocycles. The van der Waals surface area contributed by atoms with Crippen molar-refractivity contribution in [3.63, 3.8) is 0 Å². The first kappa shape index (κ1) is 7.19. The molecule has 1 unspecified atom stereocenters. The van der Waals surface area contributed by atoms with Crippen molar-refractivity contribution in [3.05, 3.63) is 12.2 Å². The first-order valence-electron chi connectivity index (χ1n) is 2.49. The summed E-state index contributed by atoms with van der Waals surface area (Å²) < 4.78 is 0. The normalized spacial score (nSPS) is 13.6. The van der Waals surface area contributed by atoms with Gasteiger partial charge in [-0.05, 0) is 6.92 Å². The Morgan fingerprint density at radius 3 is 2.88 bits per heavy atom. The molecule has 0 fully saturated rings. The third-order valence-corrected chi connectivity index (χ3v) is 0.715. The van der Waals surface area contributed by atoms with E-state index in [4.69, 9.17) is 10.4 Å². The maximum absolute atomic E-state index is 8.74. The molecule has 0 radical (unpaired) electrons. The van der Waals surface area contributed by atoms with Crippen molar-refractivity contribution in [1.29, 1.82) is 5.26 Å². The van der Waals surface area contributed by atoms with E-state index in [0.29, 0.717) is 0 Å². The Balaban J connectivity index is 3.36. The minimum absolute atomic E-state index is 0.185. The van der Waals surface area contributed by atoms with E-state index in [1.165, 1.54) is 0 Å². The van der Waals surface area contributed by atoms with E-state index in [2.05, 4.69) is 0 Å². The Morgan fingerprint density at radius 1 is 1.88 bits per heavy atom. The van der Waals surface area contributed by atoms with E-state index in [9.17, 15) is 0 Å². The number of allylic oxidation sites excluding steroid dienone is 1. The summed E-state index contributed by atoms with van der Waals surface area (Å²) in [6.07, 6.45) is 2.92. The fourth-order valence-electron chi connectivity index (χ4n) is 0.384. The highest BCUT2D eigenvalue weighted by Crippen LogP contribution is 1.89. The van der Waals surface area contributed by atoms with Crippen LogP contribution >= 0.6 is 0 Å². The van der Waals surface area contributed by atoms with Gasteiger partial charge in [-0.1, -0.05) is 12.2 Å². The summed E-state index contributed by atoms with van der Waals surface area (Å²) in [6.45, 7) is 1.81. The number of nitrogens with zero attached hydrogens (tertiary/aromatic N) is 1. The molecule has 0 rings (SSSR count). The van der Waals surface area contributed by atoms with Gasteiger partial charge in [0.15, 0.2) is 0 Å². The molecule has 1 atom stereocenters. The molecule has 0 aliphatic rings. The van der Waals surface area contributed by atoms with Gasteiger partial charge in [0, 0.05) is 0 Å². The lowest BCUT2D eigenvalue weighted by Crippen LogP contribution is -1.98. The Labute approximate surface area is 49.1 Å². The van der Waals surface area contributed by atoms with Crippen LogP contribution in [0.25, 0.3) is 0 Å². The monoisotopic (exact) mass is 111 g/mol. The number of hydrogen-bond donors (Lipinski definition) is 1. The Bertz CT molecular complexity index is 112. The minimum atomic E-state index is -0.579. The van der Waals surface area contributed by atoms with Crippen LogP contribution in [0, 0.1) is 11.3 Å². The number of hydrogen-bond acceptors (Lipinski definition) is 2. The van der Waals surface area contributed by atoms with Gasteiger partial charge < -0.3 is 5.11 Å². The highest BCUT2D eigenvalue weighted by molar-refractivity contribution is 4.90. The summed E-state index contributed by atoms with van der Waals surface area (Å²) in [4.78, 5) is 0. The first-order valence-corrected chi connectivity index (χ1v) is 2.49. The maximum Gasteiger partial charge on any atom is 0.0850 e. The number of rotatable bonds is 2. The Hall–Kier alpha value is -0.810. The van der Waals surface area contributed by atoms with Crippen molar-refractivity contribution >= 4 is 0 Å². The van der Waals surface area contributed by atoms with Crippen LogP contribution in [0.5, 0.6) is 0 Å². The highest BCUT2D eigenvalue weighted by Gasteiger charge is 1.92. The molecule has 1 N–H and O–H groups in total. The van der Waals surface area contributed by atoms with E-state index >= 15 is 0 Å². The summed E-state index contributed by atoms with van der Waals surface area (Å²) in [5, 5.41) is 16.8. The van der Waals surface area contributed by atoms with Crippen molar-refractivity contribution in [2.45, 2.75) is 19.4 Å². The topological polar surface area (TPSA) is 44.0 Å². The molecule has 0 aliphatic heterocycles. The highest BCUT2D eigenvalue weighted by atomic mass is 16.3. The minimum Gasteiger partial charge on any atom is -0.388 e. The molecule has 2 nitrogen and oxygen atoms in total. The molecule has 0 aliphatic carbocycles. The second-order valence-electron chi connectivity index (χ2n) is 1.46. The van der Waals surface area contributed by atoms with E-state index in [1.54, 1.807) is 19.1 Å². The summed E-state index contributed by atoms with van der Waals surface area (Å²) in [5.74, 6) is 0. The van der Waals surface area contributed by atoms with Crippen LogP contribution in [-0.2, 0) is 0 Å². The standard InChI is InChI=1S/C6H9NO/c1-2-3-6(8)4-5-7/h2-3,6,8H,4H2,1H3. The van der Waals surface area contributed by atoms with Gasteiger partial charge in [0.25, 0.3) is 0 Å². The van der Waals surface area contributed by atoms with Crippen LogP contribution in [0.4, 0.5) is 0 Å². The summed E-state index contributed by atoms with van der Waals surface area (Å²) in [5.41, 5.74) is 0. The molecule has 0 amide bonds.